The molecule has 1 aliphatic rings. The summed E-state index contributed by atoms with van der Waals surface area (Å²) in [7, 11) is 1.68. The molecule has 1 fully saturated rings. The molecule has 3 heteroatoms. The minimum atomic E-state index is 0.187. The molecule has 21 heavy (non-hydrogen) atoms. The third kappa shape index (κ3) is 4.63. The van der Waals surface area contributed by atoms with Crippen LogP contribution in [-0.4, -0.2) is 25.8 Å². The molecule has 1 aromatic rings. The molecule has 118 valence electrons. The van der Waals surface area contributed by atoms with E-state index in [0.29, 0.717) is 5.41 Å². The van der Waals surface area contributed by atoms with E-state index in [0.717, 1.165) is 31.1 Å². The van der Waals surface area contributed by atoms with Gasteiger partial charge in [0.25, 0.3) is 0 Å². The molecule has 1 aromatic carbocycles. The van der Waals surface area contributed by atoms with Crippen LogP contribution in [0.3, 0.4) is 0 Å². The highest BCUT2D eigenvalue weighted by molar-refractivity contribution is 5.39. The van der Waals surface area contributed by atoms with E-state index in [1.54, 1.807) is 7.11 Å². The summed E-state index contributed by atoms with van der Waals surface area (Å²) >= 11 is 0. The van der Waals surface area contributed by atoms with Crippen LogP contribution in [0.4, 0.5) is 0 Å². The smallest absolute Gasteiger partial charge is 0.161 e. The monoisotopic (exact) mass is 291 g/mol. The van der Waals surface area contributed by atoms with E-state index in [4.69, 9.17) is 9.47 Å². The van der Waals surface area contributed by atoms with Crippen LogP contribution in [0.25, 0.3) is 0 Å². The van der Waals surface area contributed by atoms with Crippen LogP contribution in [0, 0.1) is 5.41 Å². The molecule has 2 rings (SSSR count). The summed E-state index contributed by atoms with van der Waals surface area (Å²) in [5.74, 6) is 1.66. The molecule has 1 saturated carbocycles. The van der Waals surface area contributed by atoms with E-state index in [9.17, 15) is 0 Å². The average Bonchev–Trinajstić information content (AvgIpc) is 2.40. The molecule has 0 atom stereocenters. The molecule has 0 bridgehead atoms. The Kier molecular flexibility index (Phi) is 5.15. The fourth-order valence-electron chi connectivity index (χ4n) is 2.76. The second kappa shape index (κ2) is 6.69. The highest BCUT2D eigenvalue weighted by atomic mass is 16.5. The van der Waals surface area contributed by atoms with Crippen LogP contribution in [0.2, 0.25) is 0 Å². The van der Waals surface area contributed by atoms with Crippen LogP contribution in [0.1, 0.15) is 46.5 Å². The van der Waals surface area contributed by atoms with Gasteiger partial charge in [-0.25, -0.2) is 0 Å². The predicted molar refractivity (Wildman–Crippen MR) is 87.1 cm³/mol. The van der Waals surface area contributed by atoms with Gasteiger partial charge in [-0.05, 0) is 57.6 Å². The lowest BCUT2D eigenvalue weighted by Gasteiger charge is -2.44. The first-order valence-corrected chi connectivity index (χ1v) is 7.95. The fourth-order valence-corrected chi connectivity index (χ4v) is 2.76. The Bertz CT molecular complexity index is 447. The number of hydrogen-bond acceptors (Lipinski definition) is 3. The van der Waals surface area contributed by atoms with Crippen LogP contribution in [-0.2, 0) is 0 Å². The van der Waals surface area contributed by atoms with E-state index in [2.05, 4.69) is 26.1 Å². The van der Waals surface area contributed by atoms with Crippen molar-refractivity contribution >= 4 is 0 Å². The number of hydrogen-bond donors (Lipinski definition) is 1. The fraction of sp³-hybridized carbons (Fsp3) is 0.667. The number of methoxy groups -OCH3 is 1. The van der Waals surface area contributed by atoms with Crippen LogP contribution < -0.4 is 14.8 Å². The Morgan fingerprint density at radius 2 is 1.81 bits per heavy atom. The lowest BCUT2D eigenvalue weighted by Crippen LogP contribution is -2.47. The molecular formula is C18H29NO2. The summed E-state index contributed by atoms with van der Waals surface area (Å²) < 4.78 is 11.3. The molecule has 0 amide bonds. The summed E-state index contributed by atoms with van der Waals surface area (Å²) in [6.07, 6.45) is 5.07. The van der Waals surface area contributed by atoms with Crippen molar-refractivity contribution in [2.24, 2.45) is 5.41 Å². The summed E-state index contributed by atoms with van der Waals surface area (Å²) in [5.41, 5.74) is 0.612. The van der Waals surface area contributed by atoms with Crippen LogP contribution in [0.15, 0.2) is 24.3 Å². The number of benzene rings is 1. The second-order valence-electron chi connectivity index (χ2n) is 7.21. The zero-order chi connectivity index (χ0) is 15.3. The Morgan fingerprint density at radius 3 is 2.33 bits per heavy atom. The van der Waals surface area contributed by atoms with Gasteiger partial charge in [-0.3, -0.25) is 0 Å². The highest BCUT2D eigenvalue weighted by Crippen LogP contribution is 2.43. The first-order valence-electron chi connectivity index (χ1n) is 7.95. The maximum atomic E-state index is 5.94. The van der Waals surface area contributed by atoms with Gasteiger partial charge in [0.05, 0.1) is 13.7 Å². The number of nitrogens with one attached hydrogen (secondary N) is 1. The highest BCUT2D eigenvalue weighted by Gasteiger charge is 2.37. The van der Waals surface area contributed by atoms with Gasteiger partial charge >= 0.3 is 0 Å². The largest absolute Gasteiger partial charge is 0.493 e. The summed E-state index contributed by atoms with van der Waals surface area (Å²) in [5, 5.41) is 3.66. The SMILES string of the molecule is COc1ccccc1OCCC1(CNC(C)(C)C)CCC1. The Balaban J connectivity index is 1.83. The van der Waals surface area contributed by atoms with Crippen LogP contribution in [0.5, 0.6) is 11.5 Å². The molecule has 0 saturated heterocycles. The molecule has 0 spiro atoms. The van der Waals surface area contributed by atoms with Gasteiger partial charge in [0, 0.05) is 12.1 Å². The molecular weight excluding hydrogens is 262 g/mol. The van der Waals surface area contributed by atoms with Crippen LogP contribution >= 0.6 is 0 Å². The molecule has 0 unspecified atom stereocenters. The molecule has 0 radical (unpaired) electrons. The predicted octanol–water partition coefficient (Wildman–Crippen LogP) is 4.02. The van der Waals surface area contributed by atoms with E-state index in [1.165, 1.54) is 19.3 Å². The average molecular weight is 291 g/mol. The topological polar surface area (TPSA) is 30.5 Å². The van der Waals surface area contributed by atoms with E-state index >= 15 is 0 Å². The molecule has 0 aromatic heterocycles. The normalized spacial score (nSPS) is 17.1. The van der Waals surface area contributed by atoms with Gasteiger partial charge in [0.2, 0.25) is 0 Å². The quantitative estimate of drug-likeness (QED) is 0.823. The lowest BCUT2D eigenvalue weighted by atomic mass is 9.66. The summed E-state index contributed by atoms with van der Waals surface area (Å²) in [6, 6.07) is 7.86. The van der Waals surface area contributed by atoms with E-state index in [-0.39, 0.29) is 5.54 Å². The van der Waals surface area contributed by atoms with Gasteiger partial charge in [-0.2, -0.15) is 0 Å². The maximum absolute atomic E-state index is 5.94. The first kappa shape index (κ1) is 16.2. The number of para-hydroxylation sites is 2. The van der Waals surface area contributed by atoms with E-state index < -0.39 is 0 Å². The van der Waals surface area contributed by atoms with Crippen molar-refractivity contribution in [1.29, 1.82) is 0 Å². The standard InChI is InChI=1S/C18H29NO2/c1-17(2,3)19-14-18(10-7-11-18)12-13-21-16-9-6-5-8-15(16)20-4/h5-6,8-9,19H,7,10-14H2,1-4H3. The molecule has 0 heterocycles. The van der Waals surface area contributed by atoms with Crippen molar-refractivity contribution in [3.8, 4) is 11.5 Å². The van der Waals surface area contributed by atoms with Gasteiger partial charge in [0.1, 0.15) is 0 Å². The summed E-state index contributed by atoms with van der Waals surface area (Å²) in [6.45, 7) is 8.53. The van der Waals surface area contributed by atoms with E-state index in [1.807, 2.05) is 24.3 Å². The number of ether oxygens (including phenoxy) is 2. The summed E-state index contributed by atoms with van der Waals surface area (Å²) in [4.78, 5) is 0. The van der Waals surface area contributed by atoms with Crippen molar-refractivity contribution in [1.82, 2.24) is 5.32 Å². The molecule has 1 N–H and O–H groups in total. The van der Waals surface area contributed by atoms with Gasteiger partial charge in [-0.1, -0.05) is 18.6 Å². The Hall–Kier alpha value is -1.22. The molecule has 3 nitrogen and oxygen atoms in total. The third-order valence-corrected chi connectivity index (χ3v) is 4.37. The Labute approximate surface area is 129 Å². The minimum Gasteiger partial charge on any atom is -0.493 e. The third-order valence-electron chi connectivity index (χ3n) is 4.37. The number of rotatable bonds is 7. The van der Waals surface area contributed by atoms with Crippen molar-refractivity contribution in [2.75, 3.05) is 20.3 Å². The zero-order valence-corrected chi connectivity index (χ0v) is 13.9. The van der Waals surface area contributed by atoms with Crippen molar-refractivity contribution in [3.05, 3.63) is 24.3 Å². The van der Waals surface area contributed by atoms with Gasteiger partial charge < -0.3 is 14.8 Å². The Morgan fingerprint density at radius 1 is 1.14 bits per heavy atom. The molecule has 0 aliphatic heterocycles. The van der Waals surface area contributed by atoms with Gasteiger partial charge in [0.15, 0.2) is 11.5 Å². The van der Waals surface area contributed by atoms with Crippen molar-refractivity contribution in [2.45, 2.75) is 52.0 Å². The zero-order valence-electron chi connectivity index (χ0n) is 13.9. The second-order valence-corrected chi connectivity index (χ2v) is 7.21. The van der Waals surface area contributed by atoms with Crippen molar-refractivity contribution < 1.29 is 9.47 Å². The molecule has 1 aliphatic carbocycles. The minimum absolute atomic E-state index is 0.187. The lowest BCUT2D eigenvalue weighted by molar-refractivity contribution is 0.0830. The van der Waals surface area contributed by atoms with Crippen molar-refractivity contribution in [3.63, 3.8) is 0 Å². The maximum Gasteiger partial charge on any atom is 0.161 e. The van der Waals surface area contributed by atoms with Gasteiger partial charge in [-0.15, -0.1) is 0 Å². The first-order chi connectivity index (χ1) is 9.94.